The number of aliphatic hydroxyl groups excluding tert-OH is 1. The van der Waals surface area contributed by atoms with Crippen LogP contribution in [0.2, 0.25) is 0 Å². The number of likely N-dealkylation sites (tertiary alicyclic amines) is 1. The second kappa shape index (κ2) is 8.90. The molecule has 1 atom stereocenters. The predicted molar refractivity (Wildman–Crippen MR) is 128 cm³/mol. The maximum Gasteiger partial charge on any atom is 0.296 e. The summed E-state index contributed by atoms with van der Waals surface area (Å²) in [5.41, 5.74) is 1.21. The summed E-state index contributed by atoms with van der Waals surface area (Å²) in [6, 6.07) is 23.0. The van der Waals surface area contributed by atoms with E-state index >= 15 is 0 Å². The number of hydrogen-bond acceptors (Lipinski definition) is 5. The summed E-state index contributed by atoms with van der Waals surface area (Å²) in [5.74, 6) is -0.468. The van der Waals surface area contributed by atoms with E-state index in [4.69, 9.17) is 9.15 Å². The fraction of sp³-hybridized carbons (Fsp3) is 0.143. The fourth-order valence-electron chi connectivity index (χ4n) is 4.48. The Labute approximate surface area is 196 Å². The van der Waals surface area contributed by atoms with Crippen molar-refractivity contribution in [3.05, 3.63) is 108 Å². The molecule has 6 heteroatoms. The second-order valence-corrected chi connectivity index (χ2v) is 8.04. The molecule has 0 radical (unpaired) electrons. The van der Waals surface area contributed by atoms with Gasteiger partial charge in [-0.05, 0) is 47.5 Å². The molecule has 6 nitrogen and oxygen atoms in total. The van der Waals surface area contributed by atoms with Crippen LogP contribution in [0.1, 0.15) is 29.9 Å². The van der Waals surface area contributed by atoms with Crippen molar-refractivity contribution in [2.24, 2.45) is 0 Å². The van der Waals surface area contributed by atoms with Gasteiger partial charge in [-0.2, -0.15) is 0 Å². The van der Waals surface area contributed by atoms with Crippen molar-refractivity contribution in [2.75, 3.05) is 6.61 Å². The number of hydrogen-bond donors (Lipinski definition) is 1. The minimum atomic E-state index is -0.801. The second-order valence-electron chi connectivity index (χ2n) is 8.04. The van der Waals surface area contributed by atoms with Gasteiger partial charge in [-0.3, -0.25) is 9.59 Å². The molecule has 34 heavy (non-hydrogen) atoms. The quantitative estimate of drug-likeness (QED) is 0.238. The number of carbonyl (C=O) groups is 2. The van der Waals surface area contributed by atoms with E-state index in [1.165, 1.54) is 11.2 Å². The van der Waals surface area contributed by atoms with Crippen molar-refractivity contribution in [3.8, 4) is 5.75 Å². The maximum atomic E-state index is 13.3. The highest BCUT2D eigenvalue weighted by atomic mass is 16.5. The molecule has 4 aromatic rings. The Kier molecular flexibility index (Phi) is 5.64. The number of fused-ring (bicyclic) bond motifs is 1. The van der Waals surface area contributed by atoms with E-state index in [-0.39, 0.29) is 17.9 Å². The van der Waals surface area contributed by atoms with Crippen LogP contribution in [0.5, 0.6) is 5.75 Å². The molecule has 1 fully saturated rings. The monoisotopic (exact) mass is 453 g/mol. The third kappa shape index (κ3) is 3.73. The van der Waals surface area contributed by atoms with Gasteiger partial charge < -0.3 is 19.2 Å². The molecule has 1 aromatic heterocycles. The summed E-state index contributed by atoms with van der Waals surface area (Å²) in [6.07, 6.45) is 1.52. The average molecular weight is 453 g/mol. The molecule has 1 unspecified atom stereocenters. The molecule has 1 amide bonds. The first kappa shape index (κ1) is 21.5. The van der Waals surface area contributed by atoms with Crippen molar-refractivity contribution in [3.63, 3.8) is 0 Å². The molecular formula is C28H23NO5. The number of benzene rings is 3. The van der Waals surface area contributed by atoms with Gasteiger partial charge in [0.1, 0.15) is 17.3 Å². The minimum absolute atomic E-state index is 0.0431. The molecule has 1 aliphatic rings. The summed E-state index contributed by atoms with van der Waals surface area (Å²) in [6.45, 7) is 2.45. The average Bonchev–Trinajstić information content (AvgIpc) is 3.46. The lowest BCUT2D eigenvalue weighted by molar-refractivity contribution is -0.140. The Morgan fingerprint density at radius 2 is 1.79 bits per heavy atom. The van der Waals surface area contributed by atoms with Gasteiger partial charge in [-0.1, -0.05) is 54.6 Å². The van der Waals surface area contributed by atoms with Crippen molar-refractivity contribution in [1.29, 1.82) is 0 Å². The van der Waals surface area contributed by atoms with Crippen LogP contribution in [0.15, 0.2) is 95.1 Å². The van der Waals surface area contributed by atoms with E-state index in [2.05, 4.69) is 0 Å². The van der Waals surface area contributed by atoms with Gasteiger partial charge in [0.25, 0.3) is 11.7 Å². The van der Waals surface area contributed by atoms with Crippen LogP contribution in [-0.4, -0.2) is 28.3 Å². The Morgan fingerprint density at radius 1 is 1.00 bits per heavy atom. The first-order valence-corrected chi connectivity index (χ1v) is 11.1. The molecule has 0 bridgehead atoms. The summed E-state index contributed by atoms with van der Waals surface area (Å²) >= 11 is 0. The Bertz CT molecular complexity index is 1400. The van der Waals surface area contributed by atoms with E-state index in [0.29, 0.717) is 29.2 Å². The van der Waals surface area contributed by atoms with E-state index in [9.17, 15) is 14.7 Å². The third-order valence-corrected chi connectivity index (χ3v) is 5.98. The normalized spacial score (nSPS) is 17.4. The lowest BCUT2D eigenvalue weighted by Gasteiger charge is -2.25. The van der Waals surface area contributed by atoms with E-state index in [1.54, 1.807) is 24.3 Å². The lowest BCUT2D eigenvalue weighted by atomic mass is 9.93. The number of amides is 1. The number of furan rings is 1. The van der Waals surface area contributed by atoms with Crippen LogP contribution in [0.4, 0.5) is 0 Å². The molecule has 1 N–H and O–H groups in total. The number of nitrogens with zero attached hydrogens (tertiary/aromatic N) is 1. The van der Waals surface area contributed by atoms with Crippen molar-refractivity contribution >= 4 is 28.2 Å². The third-order valence-electron chi connectivity index (χ3n) is 5.98. The van der Waals surface area contributed by atoms with Gasteiger partial charge in [0.15, 0.2) is 0 Å². The van der Waals surface area contributed by atoms with Crippen molar-refractivity contribution in [1.82, 2.24) is 4.90 Å². The highest BCUT2D eigenvalue weighted by molar-refractivity contribution is 6.46. The first-order valence-electron chi connectivity index (χ1n) is 11.1. The Hall–Kier alpha value is -4.32. The minimum Gasteiger partial charge on any atom is -0.507 e. The molecule has 1 saturated heterocycles. The zero-order chi connectivity index (χ0) is 23.7. The molecule has 3 aromatic carbocycles. The van der Waals surface area contributed by atoms with Gasteiger partial charge >= 0.3 is 0 Å². The highest BCUT2D eigenvalue weighted by Crippen LogP contribution is 2.42. The SMILES string of the molecule is CCOc1cccc(C2/C(=C(/O)c3cccc4ccccc34)C(=O)C(=O)N2Cc2ccco2)c1. The van der Waals surface area contributed by atoms with Gasteiger partial charge in [0, 0.05) is 5.56 Å². The largest absolute Gasteiger partial charge is 0.507 e. The number of ether oxygens (including phenoxy) is 1. The zero-order valence-corrected chi connectivity index (χ0v) is 18.6. The molecule has 5 rings (SSSR count). The van der Waals surface area contributed by atoms with Crippen LogP contribution >= 0.6 is 0 Å². The maximum absolute atomic E-state index is 13.3. The van der Waals surface area contributed by atoms with Crippen molar-refractivity contribution < 1.29 is 23.8 Å². The predicted octanol–water partition coefficient (Wildman–Crippen LogP) is 5.45. The van der Waals surface area contributed by atoms with Crippen LogP contribution in [0.3, 0.4) is 0 Å². The van der Waals surface area contributed by atoms with Gasteiger partial charge in [-0.15, -0.1) is 0 Å². The van der Waals surface area contributed by atoms with Crippen LogP contribution < -0.4 is 4.74 Å². The summed E-state index contributed by atoms with van der Waals surface area (Å²) in [7, 11) is 0. The van der Waals surface area contributed by atoms with Gasteiger partial charge in [0.2, 0.25) is 0 Å². The Balaban J connectivity index is 1.71. The highest BCUT2D eigenvalue weighted by Gasteiger charge is 2.46. The number of aliphatic hydroxyl groups is 1. The summed E-state index contributed by atoms with van der Waals surface area (Å²) in [4.78, 5) is 27.9. The van der Waals surface area contributed by atoms with Crippen LogP contribution in [0, 0.1) is 0 Å². The molecule has 0 aliphatic carbocycles. The summed E-state index contributed by atoms with van der Waals surface area (Å²) < 4.78 is 11.1. The number of ketones is 1. The summed E-state index contributed by atoms with van der Waals surface area (Å²) in [5, 5.41) is 13.2. The van der Waals surface area contributed by atoms with Crippen molar-refractivity contribution in [2.45, 2.75) is 19.5 Å². The Morgan fingerprint density at radius 3 is 2.59 bits per heavy atom. The van der Waals surface area contributed by atoms with E-state index < -0.39 is 17.7 Å². The molecule has 2 heterocycles. The molecule has 0 saturated carbocycles. The topological polar surface area (TPSA) is 80.0 Å². The number of rotatable bonds is 6. The van der Waals surface area contributed by atoms with E-state index in [0.717, 1.165) is 10.8 Å². The van der Waals surface area contributed by atoms with Crippen LogP contribution in [-0.2, 0) is 16.1 Å². The van der Waals surface area contributed by atoms with E-state index in [1.807, 2.05) is 61.5 Å². The molecule has 0 spiro atoms. The van der Waals surface area contributed by atoms with Crippen LogP contribution in [0.25, 0.3) is 16.5 Å². The zero-order valence-electron chi connectivity index (χ0n) is 18.6. The van der Waals surface area contributed by atoms with Gasteiger partial charge in [-0.25, -0.2) is 0 Å². The smallest absolute Gasteiger partial charge is 0.296 e. The standard InChI is InChI=1S/C28H23NO5/c1-2-33-20-11-5-10-19(16-20)25-24(27(31)28(32)29(25)17-21-12-7-15-34-21)26(30)23-14-6-9-18-8-3-4-13-22(18)23/h3-16,25,30H,2,17H2,1H3/b26-24-. The first-order chi connectivity index (χ1) is 16.6. The molecular weight excluding hydrogens is 430 g/mol. The lowest BCUT2D eigenvalue weighted by Crippen LogP contribution is -2.29. The number of carbonyl (C=O) groups excluding carboxylic acids is 2. The molecule has 170 valence electrons. The fourth-order valence-corrected chi connectivity index (χ4v) is 4.48. The number of Topliss-reactive ketones (excluding diaryl/α,β-unsaturated/α-hetero) is 1. The van der Waals surface area contributed by atoms with Gasteiger partial charge in [0.05, 0.1) is 31.0 Å². The molecule has 1 aliphatic heterocycles.